The number of methoxy groups -OCH3 is 1. The number of hydrogen-bond acceptors (Lipinski definition) is 3. The van der Waals surface area contributed by atoms with Gasteiger partial charge >= 0.3 is 0 Å². The molecule has 5 heteroatoms. The molecule has 0 N–H and O–H groups in total. The minimum atomic E-state index is 0.0598. The van der Waals surface area contributed by atoms with Crippen molar-refractivity contribution in [3.63, 3.8) is 0 Å². The minimum Gasteiger partial charge on any atom is -0.493 e. The summed E-state index contributed by atoms with van der Waals surface area (Å²) in [6, 6.07) is 13.2. The Morgan fingerprint density at radius 1 is 1.12 bits per heavy atom. The summed E-state index contributed by atoms with van der Waals surface area (Å²) in [4.78, 5) is 14.0. The summed E-state index contributed by atoms with van der Waals surface area (Å²) < 4.78 is 11.3. The van der Waals surface area contributed by atoms with Gasteiger partial charge in [0.2, 0.25) is 5.91 Å². The molecule has 0 aromatic heterocycles. The maximum absolute atomic E-state index is 12.1. The van der Waals surface area contributed by atoms with E-state index in [0.29, 0.717) is 23.1 Å². The maximum Gasteiger partial charge on any atom is 0.246 e. The topological polar surface area (TPSA) is 38.8 Å². The van der Waals surface area contributed by atoms with Gasteiger partial charge in [-0.25, -0.2) is 0 Å². The Morgan fingerprint density at radius 3 is 2.54 bits per heavy atom. The first-order valence-corrected chi connectivity index (χ1v) is 9.06. The van der Waals surface area contributed by atoms with Crippen molar-refractivity contribution in [1.29, 1.82) is 0 Å². The predicted molar refractivity (Wildman–Crippen MR) is 104 cm³/mol. The molecule has 1 aliphatic heterocycles. The lowest BCUT2D eigenvalue weighted by Gasteiger charge is -2.13. The Morgan fingerprint density at radius 2 is 1.85 bits per heavy atom. The molecule has 0 saturated carbocycles. The molecule has 0 unspecified atom stereocenters. The summed E-state index contributed by atoms with van der Waals surface area (Å²) >= 11 is 5.89. The summed E-state index contributed by atoms with van der Waals surface area (Å²) in [6.07, 6.45) is 5.61. The van der Waals surface area contributed by atoms with Gasteiger partial charge in [-0.05, 0) is 54.3 Å². The van der Waals surface area contributed by atoms with E-state index >= 15 is 0 Å². The van der Waals surface area contributed by atoms with Crippen LogP contribution in [0.2, 0.25) is 5.02 Å². The molecule has 1 saturated heterocycles. The lowest BCUT2D eigenvalue weighted by molar-refractivity contribution is -0.124. The highest BCUT2D eigenvalue weighted by Crippen LogP contribution is 2.29. The first kappa shape index (κ1) is 18.3. The Labute approximate surface area is 159 Å². The molecule has 136 valence electrons. The molecule has 26 heavy (non-hydrogen) atoms. The highest BCUT2D eigenvalue weighted by atomic mass is 35.5. The van der Waals surface area contributed by atoms with E-state index in [1.54, 1.807) is 13.2 Å². The zero-order chi connectivity index (χ0) is 18.4. The van der Waals surface area contributed by atoms with Gasteiger partial charge in [0, 0.05) is 24.2 Å². The predicted octanol–water partition coefficient (Wildman–Crippen LogP) is 4.56. The van der Waals surface area contributed by atoms with Crippen LogP contribution >= 0.6 is 11.6 Å². The van der Waals surface area contributed by atoms with Crippen LogP contribution in [0.3, 0.4) is 0 Å². The number of carbonyl (C=O) groups excluding carboxylic acids is 1. The molecule has 1 aliphatic rings. The van der Waals surface area contributed by atoms with Crippen molar-refractivity contribution >= 4 is 23.6 Å². The van der Waals surface area contributed by atoms with Crippen LogP contribution in [0.15, 0.2) is 48.5 Å². The third-order valence-electron chi connectivity index (χ3n) is 4.33. The number of rotatable bonds is 6. The molecular formula is C21H22ClNO3. The van der Waals surface area contributed by atoms with Crippen LogP contribution in [0.4, 0.5) is 0 Å². The SMILES string of the molecule is COc1cc(/C=C/C(=O)N2CCCC2)ccc1OCc1ccc(Cl)cc1. The van der Waals surface area contributed by atoms with Crippen LogP contribution in [0.5, 0.6) is 11.5 Å². The fourth-order valence-electron chi connectivity index (χ4n) is 2.86. The molecule has 0 aliphatic carbocycles. The number of likely N-dealkylation sites (tertiary alicyclic amines) is 1. The van der Waals surface area contributed by atoms with Crippen molar-refractivity contribution in [3.8, 4) is 11.5 Å². The van der Waals surface area contributed by atoms with Crippen LogP contribution < -0.4 is 9.47 Å². The number of hydrogen-bond donors (Lipinski definition) is 0. The zero-order valence-corrected chi connectivity index (χ0v) is 15.5. The lowest BCUT2D eigenvalue weighted by Crippen LogP contribution is -2.25. The summed E-state index contributed by atoms with van der Waals surface area (Å²) in [5.74, 6) is 1.35. The number of halogens is 1. The van der Waals surface area contributed by atoms with Crippen molar-refractivity contribution < 1.29 is 14.3 Å². The van der Waals surface area contributed by atoms with E-state index in [-0.39, 0.29) is 5.91 Å². The van der Waals surface area contributed by atoms with Crippen molar-refractivity contribution in [3.05, 3.63) is 64.7 Å². The second kappa shape index (κ2) is 8.77. The average molecular weight is 372 g/mol. The number of ether oxygens (including phenoxy) is 2. The van der Waals surface area contributed by atoms with Gasteiger partial charge in [0.25, 0.3) is 0 Å². The number of benzene rings is 2. The summed E-state index contributed by atoms with van der Waals surface area (Å²) in [7, 11) is 1.60. The van der Waals surface area contributed by atoms with Crippen LogP contribution in [0, 0.1) is 0 Å². The number of amides is 1. The fourth-order valence-corrected chi connectivity index (χ4v) is 2.99. The molecule has 0 bridgehead atoms. The second-order valence-corrected chi connectivity index (χ2v) is 6.63. The largest absolute Gasteiger partial charge is 0.493 e. The minimum absolute atomic E-state index is 0.0598. The third kappa shape index (κ3) is 4.79. The zero-order valence-electron chi connectivity index (χ0n) is 14.8. The van der Waals surface area contributed by atoms with E-state index in [1.165, 1.54) is 0 Å². The van der Waals surface area contributed by atoms with Gasteiger partial charge in [0.05, 0.1) is 7.11 Å². The Balaban J connectivity index is 1.64. The highest BCUT2D eigenvalue weighted by molar-refractivity contribution is 6.30. The molecule has 4 nitrogen and oxygen atoms in total. The van der Waals surface area contributed by atoms with Crippen LogP contribution in [0.1, 0.15) is 24.0 Å². The maximum atomic E-state index is 12.1. The molecular weight excluding hydrogens is 350 g/mol. The van der Waals surface area contributed by atoms with E-state index in [0.717, 1.165) is 37.1 Å². The molecule has 3 rings (SSSR count). The average Bonchev–Trinajstić information content (AvgIpc) is 3.21. The van der Waals surface area contributed by atoms with E-state index in [9.17, 15) is 4.79 Å². The summed E-state index contributed by atoms with van der Waals surface area (Å²) in [5.41, 5.74) is 1.92. The molecule has 1 amide bonds. The van der Waals surface area contributed by atoms with Gasteiger partial charge in [-0.3, -0.25) is 4.79 Å². The molecule has 2 aromatic rings. The first-order valence-electron chi connectivity index (χ1n) is 8.68. The lowest BCUT2D eigenvalue weighted by atomic mass is 10.2. The third-order valence-corrected chi connectivity index (χ3v) is 4.58. The Bertz CT molecular complexity index is 780. The Kier molecular flexibility index (Phi) is 6.18. The van der Waals surface area contributed by atoms with Crippen LogP contribution in [-0.2, 0) is 11.4 Å². The van der Waals surface area contributed by atoms with Gasteiger partial charge in [-0.2, -0.15) is 0 Å². The van der Waals surface area contributed by atoms with E-state index in [1.807, 2.05) is 53.4 Å². The van der Waals surface area contributed by atoms with Crippen molar-refractivity contribution in [2.45, 2.75) is 19.4 Å². The molecule has 0 spiro atoms. The van der Waals surface area contributed by atoms with Gasteiger partial charge < -0.3 is 14.4 Å². The fraction of sp³-hybridized carbons (Fsp3) is 0.286. The van der Waals surface area contributed by atoms with E-state index in [4.69, 9.17) is 21.1 Å². The van der Waals surface area contributed by atoms with Crippen molar-refractivity contribution in [2.24, 2.45) is 0 Å². The number of carbonyl (C=O) groups is 1. The van der Waals surface area contributed by atoms with E-state index in [2.05, 4.69) is 0 Å². The van der Waals surface area contributed by atoms with Gasteiger partial charge in [-0.1, -0.05) is 29.8 Å². The van der Waals surface area contributed by atoms with Crippen molar-refractivity contribution in [1.82, 2.24) is 4.90 Å². The molecule has 0 atom stereocenters. The molecule has 2 aromatic carbocycles. The van der Waals surface area contributed by atoms with Crippen molar-refractivity contribution in [2.75, 3.05) is 20.2 Å². The quantitative estimate of drug-likeness (QED) is 0.698. The standard InChI is InChI=1S/C21H22ClNO3/c1-25-20-14-16(7-11-21(24)23-12-2-3-13-23)6-10-19(20)26-15-17-4-8-18(22)9-5-17/h4-11,14H,2-3,12-13,15H2,1H3/b11-7+. The van der Waals surface area contributed by atoms with Crippen LogP contribution in [-0.4, -0.2) is 31.0 Å². The van der Waals surface area contributed by atoms with Gasteiger partial charge in [0.15, 0.2) is 11.5 Å². The first-order chi connectivity index (χ1) is 12.7. The monoisotopic (exact) mass is 371 g/mol. The second-order valence-electron chi connectivity index (χ2n) is 6.19. The van der Waals surface area contributed by atoms with Gasteiger partial charge in [-0.15, -0.1) is 0 Å². The van der Waals surface area contributed by atoms with Gasteiger partial charge in [0.1, 0.15) is 6.61 Å². The normalized spacial score (nSPS) is 14.0. The van der Waals surface area contributed by atoms with Crippen LogP contribution in [0.25, 0.3) is 6.08 Å². The molecule has 0 radical (unpaired) electrons. The Hall–Kier alpha value is -2.46. The molecule has 1 heterocycles. The highest BCUT2D eigenvalue weighted by Gasteiger charge is 2.15. The molecule has 1 fully saturated rings. The smallest absolute Gasteiger partial charge is 0.246 e. The summed E-state index contributed by atoms with van der Waals surface area (Å²) in [6.45, 7) is 2.13. The van der Waals surface area contributed by atoms with E-state index < -0.39 is 0 Å². The number of nitrogens with zero attached hydrogens (tertiary/aromatic N) is 1. The summed E-state index contributed by atoms with van der Waals surface area (Å²) in [5, 5.41) is 0.700.